The Labute approximate surface area is 112 Å². The first-order chi connectivity index (χ1) is 8.72. The molecule has 1 aromatic carbocycles. The molecule has 1 aromatic rings. The minimum Gasteiger partial charge on any atom is -0.300 e. The van der Waals surface area contributed by atoms with Crippen molar-refractivity contribution in [3.63, 3.8) is 0 Å². The van der Waals surface area contributed by atoms with Gasteiger partial charge in [-0.25, -0.2) is 0 Å². The molecule has 0 unspecified atom stereocenters. The number of aryl methyl sites for hydroxylation is 2. The fourth-order valence-electron chi connectivity index (χ4n) is 2.09. The quantitative estimate of drug-likeness (QED) is 0.569. The summed E-state index contributed by atoms with van der Waals surface area (Å²) in [5.74, 6) is 0.423. The lowest BCUT2D eigenvalue weighted by Gasteiger charge is -2.02. The molecule has 0 radical (unpaired) electrons. The number of ketones is 1. The summed E-state index contributed by atoms with van der Waals surface area (Å²) in [5, 5.41) is 0. The zero-order valence-electron chi connectivity index (χ0n) is 11.9. The van der Waals surface area contributed by atoms with Crippen LogP contribution in [0.15, 0.2) is 24.3 Å². The highest BCUT2D eigenvalue weighted by atomic mass is 16.1. The zero-order valence-corrected chi connectivity index (χ0v) is 11.9. The maximum atomic E-state index is 11.7. The number of carbonyl (C=O) groups is 1. The molecule has 0 atom stereocenters. The molecule has 0 heterocycles. The Morgan fingerprint density at radius 3 is 2.28 bits per heavy atom. The van der Waals surface area contributed by atoms with Crippen molar-refractivity contribution in [3.05, 3.63) is 35.4 Å². The largest absolute Gasteiger partial charge is 0.300 e. The van der Waals surface area contributed by atoms with E-state index in [2.05, 4.69) is 38.1 Å². The second-order valence-corrected chi connectivity index (χ2v) is 5.19. The van der Waals surface area contributed by atoms with Crippen LogP contribution < -0.4 is 0 Å². The lowest BCUT2D eigenvalue weighted by Crippen LogP contribution is -2.00. The predicted octanol–water partition coefficient (Wildman–Crippen LogP) is 4.86. The van der Waals surface area contributed by atoms with Gasteiger partial charge >= 0.3 is 0 Å². The van der Waals surface area contributed by atoms with E-state index in [1.807, 2.05) is 0 Å². The summed E-state index contributed by atoms with van der Waals surface area (Å²) in [6, 6.07) is 8.49. The molecule has 0 spiro atoms. The first kappa shape index (κ1) is 14.9. The molecule has 100 valence electrons. The van der Waals surface area contributed by atoms with E-state index in [0.29, 0.717) is 12.2 Å². The minimum absolute atomic E-state index is 0.423. The van der Waals surface area contributed by atoms with Crippen molar-refractivity contribution in [3.8, 4) is 0 Å². The maximum Gasteiger partial charge on any atom is 0.133 e. The van der Waals surface area contributed by atoms with Crippen LogP contribution in [0.1, 0.15) is 63.0 Å². The van der Waals surface area contributed by atoms with Crippen LogP contribution in [0.5, 0.6) is 0 Å². The summed E-state index contributed by atoms with van der Waals surface area (Å²) < 4.78 is 0. The van der Waals surface area contributed by atoms with E-state index in [0.717, 1.165) is 19.3 Å². The maximum absolute atomic E-state index is 11.7. The molecule has 18 heavy (non-hydrogen) atoms. The van der Waals surface area contributed by atoms with Gasteiger partial charge in [0.05, 0.1) is 0 Å². The monoisotopic (exact) mass is 246 g/mol. The lowest BCUT2D eigenvalue weighted by atomic mass is 10.0. The summed E-state index contributed by atoms with van der Waals surface area (Å²) in [6.07, 6.45) is 8.51. The van der Waals surface area contributed by atoms with Gasteiger partial charge < -0.3 is 0 Å². The molecule has 0 saturated carbocycles. The van der Waals surface area contributed by atoms with Crippen LogP contribution in [0, 0.1) is 6.92 Å². The topological polar surface area (TPSA) is 17.1 Å². The average molecular weight is 246 g/mol. The lowest BCUT2D eigenvalue weighted by molar-refractivity contribution is -0.119. The Kier molecular flexibility index (Phi) is 7.40. The van der Waals surface area contributed by atoms with Crippen LogP contribution in [0.3, 0.4) is 0 Å². The molecule has 0 N–H and O–H groups in total. The van der Waals surface area contributed by atoms with Gasteiger partial charge in [0.25, 0.3) is 0 Å². The van der Waals surface area contributed by atoms with Crippen molar-refractivity contribution >= 4 is 5.78 Å². The Morgan fingerprint density at radius 2 is 1.61 bits per heavy atom. The third-order valence-electron chi connectivity index (χ3n) is 3.37. The van der Waals surface area contributed by atoms with Crippen molar-refractivity contribution in [1.29, 1.82) is 0 Å². The van der Waals surface area contributed by atoms with Gasteiger partial charge in [0, 0.05) is 12.8 Å². The number of hydrogen-bond donors (Lipinski definition) is 0. The smallest absolute Gasteiger partial charge is 0.133 e. The van der Waals surface area contributed by atoms with Crippen molar-refractivity contribution in [2.75, 3.05) is 0 Å². The van der Waals surface area contributed by atoms with Gasteiger partial charge in [-0.3, -0.25) is 4.79 Å². The van der Waals surface area contributed by atoms with E-state index in [9.17, 15) is 4.79 Å². The Hall–Kier alpha value is -1.11. The first-order valence-corrected chi connectivity index (χ1v) is 7.29. The van der Waals surface area contributed by atoms with Gasteiger partial charge in [-0.05, 0) is 25.3 Å². The van der Waals surface area contributed by atoms with Gasteiger partial charge in [-0.1, -0.05) is 62.4 Å². The van der Waals surface area contributed by atoms with Gasteiger partial charge in [0.1, 0.15) is 5.78 Å². The van der Waals surface area contributed by atoms with E-state index in [1.54, 1.807) is 0 Å². The molecule has 0 bridgehead atoms. The van der Waals surface area contributed by atoms with E-state index in [4.69, 9.17) is 0 Å². The molecule has 1 heteroatoms. The molecular formula is C17H26O. The van der Waals surface area contributed by atoms with Crippen molar-refractivity contribution < 1.29 is 4.79 Å². The Bertz CT molecular complexity index is 337. The van der Waals surface area contributed by atoms with Gasteiger partial charge in [-0.2, -0.15) is 0 Å². The normalized spacial score (nSPS) is 10.6. The Balaban J connectivity index is 2.11. The molecule has 1 rings (SSSR count). The van der Waals surface area contributed by atoms with E-state index in [1.165, 1.54) is 36.8 Å². The molecule has 0 amide bonds. The van der Waals surface area contributed by atoms with Crippen molar-refractivity contribution in [2.24, 2.45) is 0 Å². The SMILES string of the molecule is CCCCCCCC(=O)CCc1ccc(C)cc1. The summed E-state index contributed by atoms with van der Waals surface area (Å²) in [4.78, 5) is 11.7. The van der Waals surface area contributed by atoms with Crippen molar-refractivity contribution in [1.82, 2.24) is 0 Å². The summed E-state index contributed by atoms with van der Waals surface area (Å²) in [7, 11) is 0. The third kappa shape index (κ3) is 6.58. The molecular weight excluding hydrogens is 220 g/mol. The highest BCUT2D eigenvalue weighted by molar-refractivity contribution is 5.78. The van der Waals surface area contributed by atoms with Gasteiger partial charge in [0.2, 0.25) is 0 Å². The third-order valence-corrected chi connectivity index (χ3v) is 3.37. The van der Waals surface area contributed by atoms with Crippen LogP contribution in [-0.4, -0.2) is 5.78 Å². The summed E-state index contributed by atoms with van der Waals surface area (Å²) in [6.45, 7) is 4.30. The molecule has 0 saturated heterocycles. The van der Waals surface area contributed by atoms with Crippen LogP contribution in [0.2, 0.25) is 0 Å². The van der Waals surface area contributed by atoms with Crippen LogP contribution in [0.25, 0.3) is 0 Å². The van der Waals surface area contributed by atoms with Crippen LogP contribution in [0.4, 0.5) is 0 Å². The number of unbranched alkanes of at least 4 members (excludes halogenated alkanes) is 4. The standard InChI is InChI=1S/C17H26O/c1-3-4-5-6-7-8-17(18)14-13-16-11-9-15(2)10-12-16/h9-12H,3-8,13-14H2,1-2H3. The van der Waals surface area contributed by atoms with Crippen LogP contribution in [-0.2, 0) is 11.2 Å². The fraction of sp³-hybridized carbons (Fsp3) is 0.588. The minimum atomic E-state index is 0.423. The fourth-order valence-corrected chi connectivity index (χ4v) is 2.09. The van der Waals surface area contributed by atoms with Gasteiger partial charge in [-0.15, -0.1) is 0 Å². The van der Waals surface area contributed by atoms with E-state index < -0.39 is 0 Å². The van der Waals surface area contributed by atoms with Crippen LogP contribution >= 0.6 is 0 Å². The first-order valence-electron chi connectivity index (χ1n) is 7.29. The highest BCUT2D eigenvalue weighted by Gasteiger charge is 2.02. The van der Waals surface area contributed by atoms with Gasteiger partial charge in [0.15, 0.2) is 0 Å². The number of carbonyl (C=O) groups excluding carboxylic acids is 1. The van der Waals surface area contributed by atoms with Crippen molar-refractivity contribution in [2.45, 2.75) is 65.2 Å². The summed E-state index contributed by atoms with van der Waals surface area (Å²) >= 11 is 0. The second kappa shape index (κ2) is 8.91. The predicted molar refractivity (Wildman–Crippen MR) is 77.9 cm³/mol. The highest BCUT2D eigenvalue weighted by Crippen LogP contribution is 2.10. The molecule has 0 aliphatic carbocycles. The zero-order chi connectivity index (χ0) is 13.2. The van der Waals surface area contributed by atoms with E-state index >= 15 is 0 Å². The number of hydrogen-bond acceptors (Lipinski definition) is 1. The number of benzene rings is 1. The molecule has 0 fully saturated rings. The van der Waals surface area contributed by atoms with E-state index in [-0.39, 0.29) is 0 Å². The molecule has 0 aliphatic rings. The molecule has 0 aromatic heterocycles. The summed E-state index contributed by atoms with van der Waals surface area (Å²) in [5.41, 5.74) is 2.56. The number of rotatable bonds is 9. The molecule has 0 aliphatic heterocycles. The average Bonchev–Trinajstić information content (AvgIpc) is 2.38. The second-order valence-electron chi connectivity index (χ2n) is 5.19. The molecule has 1 nitrogen and oxygen atoms in total. The Morgan fingerprint density at radius 1 is 0.944 bits per heavy atom. The number of Topliss-reactive ketones (excluding diaryl/α,β-unsaturated/α-hetero) is 1.